The van der Waals surface area contributed by atoms with Gasteiger partial charge in [-0.05, 0) is 48.8 Å². The molecule has 1 heterocycles. The van der Waals surface area contributed by atoms with Crippen LogP contribution in [0.15, 0.2) is 16.6 Å². The maximum atomic E-state index is 11.5. The van der Waals surface area contributed by atoms with Crippen LogP contribution in [0.1, 0.15) is 31.3 Å². The maximum absolute atomic E-state index is 11.5. The van der Waals surface area contributed by atoms with Crippen molar-refractivity contribution < 1.29 is 19.4 Å². The van der Waals surface area contributed by atoms with E-state index in [2.05, 4.69) is 26.2 Å². The Kier molecular flexibility index (Phi) is 4.28. The van der Waals surface area contributed by atoms with Gasteiger partial charge < -0.3 is 9.84 Å². The highest BCUT2D eigenvalue weighted by molar-refractivity contribution is 9.10. The number of hydrogen-bond donors (Lipinski definition) is 2. The Morgan fingerprint density at radius 2 is 2.00 bits per heavy atom. The molecular formula is C11H13BrN2O4. The van der Waals surface area contributed by atoms with Crippen LogP contribution in [0.2, 0.25) is 0 Å². The molecule has 0 aromatic carbocycles. The maximum Gasteiger partial charge on any atom is 0.413 e. The summed E-state index contributed by atoms with van der Waals surface area (Å²) in [7, 11) is 0. The number of pyridine rings is 1. The lowest BCUT2D eigenvalue weighted by Gasteiger charge is -2.19. The summed E-state index contributed by atoms with van der Waals surface area (Å²) in [6, 6.07) is 2.96. The van der Waals surface area contributed by atoms with Crippen LogP contribution in [0, 0.1) is 0 Å². The van der Waals surface area contributed by atoms with Crippen molar-refractivity contribution in [3.63, 3.8) is 0 Å². The number of rotatable bonds is 2. The molecule has 0 saturated carbocycles. The molecule has 1 rings (SSSR count). The van der Waals surface area contributed by atoms with E-state index in [0.29, 0.717) is 4.47 Å². The van der Waals surface area contributed by atoms with Gasteiger partial charge in [-0.2, -0.15) is 0 Å². The average molecular weight is 317 g/mol. The summed E-state index contributed by atoms with van der Waals surface area (Å²) in [6.45, 7) is 5.18. The highest BCUT2D eigenvalue weighted by Crippen LogP contribution is 2.18. The molecule has 0 atom stereocenters. The third-order valence-corrected chi connectivity index (χ3v) is 2.32. The van der Waals surface area contributed by atoms with Crippen molar-refractivity contribution >= 4 is 33.8 Å². The quantitative estimate of drug-likeness (QED) is 0.875. The minimum absolute atomic E-state index is 0.116. The first-order valence-electron chi connectivity index (χ1n) is 5.09. The molecule has 0 aliphatic rings. The van der Waals surface area contributed by atoms with Crippen molar-refractivity contribution in [1.29, 1.82) is 0 Å². The summed E-state index contributed by atoms with van der Waals surface area (Å²) in [4.78, 5) is 26.1. The number of aromatic nitrogens is 1. The molecule has 0 aliphatic heterocycles. The highest BCUT2D eigenvalue weighted by Gasteiger charge is 2.17. The lowest BCUT2D eigenvalue weighted by molar-refractivity contribution is 0.0630. The normalized spacial score (nSPS) is 10.9. The molecule has 7 heteroatoms. The van der Waals surface area contributed by atoms with Crippen molar-refractivity contribution in [3.8, 4) is 0 Å². The highest BCUT2D eigenvalue weighted by atomic mass is 79.9. The van der Waals surface area contributed by atoms with Crippen LogP contribution >= 0.6 is 15.9 Å². The number of carboxylic acid groups (broad SMARTS) is 1. The number of aromatic carboxylic acids is 1. The van der Waals surface area contributed by atoms with Crippen LogP contribution in [0.4, 0.5) is 10.6 Å². The van der Waals surface area contributed by atoms with Gasteiger partial charge in [0.15, 0.2) is 5.69 Å². The molecule has 1 amide bonds. The van der Waals surface area contributed by atoms with Crippen LogP contribution < -0.4 is 5.32 Å². The number of nitrogens with one attached hydrogen (secondary N) is 1. The van der Waals surface area contributed by atoms with Crippen LogP contribution in [0.25, 0.3) is 0 Å². The zero-order chi connectivity index (χ0) is 13.9. The number of carbonyl (C=O) groups excluding carboxylic acids is 1. The van der Waals surface area contributed by atoms with Crippen LogP contribution in [-0.2, 0) is 4.74 Å². The van der Waals surface area contributed by atoms with Crippen molar-refractivity contribution in [3.05, 3.63) is 22.3 Å². The number of halogens is 1. The minimum atomic E-state index is -1.19. The molecule has 0 spiro atoms. The van der Waals surface area contributed by atoms with Crippen LogP contribution in [0.5, 0.6) is 0 Å². The van der Waals surface area contributed by atoms with Gasteiger partial charge in [-0.25, -0.2) is 14.6 Å². The SMILES string of the molecule is CC(C)(C)OC(=O)Nc1ccc(Br)c(C(=O)O)n1. The molecule has 0 fully saturated rings. The predicted octanol–water partition coefficient (Wildman–Crippen LogP) is 2.89. The largest absolute Gasteiger partial charge is 0.476 e. The summed E-state index contributed by atoms with van der Waals surface area (Å²) in [5, 5.41) is 11.2. The molecular weight excluding hydrogens is 304 g/mol. The molecule has 0 aliphatic carbocycles. The molecule has 2 N–H and O–H groups in total. The average Bonchev–Trinajstić information content (AvgIpc) is 2.17. The summed E-state index contributed by atoms with van der Waals surface area (Å²) in [6.07, 6.45) is -0.686. The van der Waals surface area contributed by atoms with Crippen LogP contribution in [-0.4, -0.2) is 27.8 Å². The predicted molar refractivity (Wildman–Crippen MR) is 68.8 cm³/mol. The third-order valence-electron chi connectivity index (χ3n) is 1.68. The van der Waals surface area contributed by atoms with Crippen molar-refractivity contribution in [2.24, 2.45) is 0 Å². The van der Waals surface area contributed by atoms with Crippen molar-refractivity contribution in [2.75, 3.05) is 5.32 Å². The Morgan fingerprint density at radius 3 is 2.50 bits per heavy atom. The van der Waals surface area contributed by atoms with Crippen molar-refractivity contribution in [2.45, 2.75) is 26.4 Å². The Labute approximate surface area is 112 Å². The van der Waals surface area contributed by atoms with Gasteiger partial charge in [-0.1, -0.05) is 0 Å². The Morgan fingerprint density at radius 1 is 1.39 bits per heavy atom. The molecule has 0 bridgehead atoms. The van der Waals surface area contributed by atoms with E-state index >= 15 is 0 Å². The second-order valence-corrected chi connectivity index (χ2v) is 5.31. The molecule has 98 valence electrons. The molecule has 0 unspecified atom stereocenters. The van der Waals surface area contributed by atoms with E-state index in [1.807, 2.05) is 0 Å². The Hall–Kier alpha value is -1.63. The fourth-order valence-electron chi connectivity index (χ4n) is 1.07. The second-order valence-electron chi connectivity index (χ2n) is 4.46. The topological polar surface area (TPSA) is 88.5 Å². The smallest absolute Gasteiger partial charge is 0.413 e. The van der Waals surface area contributed by atoms with E-state index in [1.54, 1.807) is 20.8 Å². The molecule has 18 heavy (non-hydrogen) atoms. The van der Waals surface area contributed by atoms with Gasteiger partial charge in [0.2, 0.25) is 0 Å². The van der Waals surface area contributed by atoms with E-state index in [0.717, 1.165) is 0 Å². The Balaban J connectivity index is 2.83. The van der Waals surface area contributed by atoms with E-state index in [9.17, 15) is 9.59 Å². The molecule has 0 radical (unpaired) electrons. The van der Waals surface area contributed by atoms with E-state index in [1.165, 1.54) is 12.1 Å². The minimum Gasteiger partial charge on any atom is -0.476 e. The Bertz CT molecular complexity index is 482. The van der Waals surface area contributed by atoms with Gasteiger partial charge in [-0.15, -0.1) is 0 Å². The number of nitrogens with zero attached hydrogens (tertiary/aromatic N) is 1. The lowest BCUT2D eigenvalue weighted by Crippen LogP contribution is -2.27. The molecule has 1 aromatic heterocycles. The molecule has 0 saturated heterocycles. The lowest BCUT2D eigenvalue weighted by atomic mass is 10.2. The van der Waals surface area contributed by atoms with E-state index in [4.69, 9.17) is 9.84 Å². The summed E-state index contributed by atoms with van der Waals surface area (Å²) in [5.74, 6) is -1.07. The zero-order valence-corrected chi connectivity index (χ0v) is 11.7. The first kappa shape index (κ1) is 14.4. The third kappa shape index (κ3) is 4.33. The number of carbonyl (C=O) groups is 2. The number of carboxylic acids is 1. The van der Waals surface area contributed by atoms with Gasteiger partial charge in [0.05, 0.1) is 4.47 Å². The summed E-state index contributed by atoms with van der Waals surface area (Å²) < 4.78 is 5.36. The standard InChI is InChI=1S/C11H13BrN2O4/c1-11(2,3)18-10(17)14-7-5-4-6(12)8(13-7)9(15)16/h4-5H,1-3H3,(H,15,16)(H,13,14,17). The second kappa shape index (κ2) is 5.34. The van der Waals surface area contributed by atoms with Crippen molar-refractivity contribution in [1.82, 2.24) is 4.98 Å². The van der Waals surface area contributed by atoms with E-state index < -0.39 is 17.7 Å². The molecule has 6 nitrogen and oxygen atoms in total. The van der Waals surface area contributed by atoms with Gasteiger partial charge >= 0.3 is 12.1 Å². The van der Waals surface area contributed by atoms with Gasteiger partial charge in [0.1, 0.15) is 11.4 Å². The number of amides is 1. The zero-order valence-electron chi connectivity index (χ0n) is 10.2. The summed E-state index contributed by atoms with van der Waals surface area (Å²) in [5.41, 5.74) is -0.807. The van der Waals surface area contributed by atoms with Crippen LogP contribution in [0.3, 0.4) is 0 Å². The number of anilines is 1. The van der Waals surface area contributed by atoms with Gasteiger partial charge in [0, 0.05) is 0 Å². The van der Waals surface area contributed by atoms with Gasteiger partial charge in [-0.3, -0.25) is 5.32 Å². The molecule has 1 aromatic rings. The number of hydrogen-bond acceptors (Lipinski definition) is 4. The first-order chi connectivity index (χ1) is 8.19. The van der Waals surface area contributed by atoms with Gasteiger partial charge in [0.25, 0.3) is 0 Å². The van der Waals surface area contributed by atoms with E-state index in [-0.39, 0.29) is 11.5 Å². The summed E-state index contributed by atoms with van der Waals surface area (Å²) >= 11 is 3.06. The number of ether oxygens (including phenoxy) is 1. The first-order valence-corrected chi connectivity index (χ1v) is 5.88. The monoisotopic (exact) mass is 316 g/mol. The fourth-order valence-corrected chi connectivity index (χ4v) is 1.46. The fraction of sp³-hybridized carbons (Fsp3) is 0.364.